The summed E-state index contributed by atoms with van der Waals surface area (Å²) in [6, 6.07) is 1.06. The maximum atomic E-state index is 5.22. The fourth-order valence-corrected chi connectivity index (χ4v) is 2.18. The summed E-state index contributed by atoms with van der Waals surface area (Å²) in [4.78, 5) is 2.39. The largest absolute Gasteiger partial charge is 0.383 e. The minimum absolute atomic E-state index is 0.465. The quantitative estimate of drug-likeness (QED) is 0.657. The summed E-state index contributed by atoms with van der Waals surface area (Å²) in [5.41, 5.74) is 0. The van der Waals surface area contributed by atoms with Gasteiger partial charge in [-0.2, -0.15) is 11.8 Å². The van der Waals surface area contributed by atoms with E-state index in [2.05, 4.69) is 30.4 Å². The molecule has 2 atom stereocenters. The highest BCUT2D eigenvalue weighted by Crippen LogP contribution is 2.07. The number of methoxy groups -OCH3 is 1. The second kappa shape index (κ2) is 8.53. The molecule has 0 aliphatic rings. The molecule has 4 heteroatoms. The minimum Gasteiger partial charge on any atom is -0.383 e. The van der Waals surface area contributed by atoms with Gasteiger partial charge in [0.2, 0.25) is 0 Å². The number of rotatable bonds is 8. The number of hydrogen-bond acceptors (Lipinski definition) is 4. The standard InChI is InChI=1S/C10H24N2OS/c1-9(8-14-5)12(3)10(6-11-2)7-13-4/h9-11H,6-8H2,1-5H3. The minimum atomic E-state index is 0.465. The molecule has 0 rings (SSSR count). The molecule has 0 fully saturated rings. The first kappa shape index (κ1) is 14.2. The number of ether oxygens (including phenoxy) is 1. The van der Waals surface area contributed by atoms with Crippen molar-refractivity contribution in [2.24, 2.45) is 0 Å². The van der Waals surface area contributed by atoms with Crippen LogP contribution in [0.5, 0.6) is 0 Å². The van der Waals surface area contributed by atoms with Crippen LogP contribution in [0, 0.1) is 0 Å². The number of nitrogens with zero attached hydrogens (tertiary/aromatic N) is 1. The van der Waals surface area contributed by atoms with Crippen molar-refractivity contribution in [1.29, 1.82) is 0 Å². The zero-order valence-electron chi connectivity index (χ0n) is 10.0. The van der Waals surface area contributed by atoms with E-state index < -0.39 is 0 Å². The van der Waals surface area contributed by atoms with Gasteiger partial charge in [0.25, 0.3) is 0 Å². The van der Waals surface area contributed by atoms with Crippen LogP contribution < -0.4 is 5.32 Å². The van der Waals surface area contributed by atoms with Crippen molar-refractivity contribution in [3.8, 4) is 0 Å². The van der Waals surface area contributed by atoms with Gasteiger partial charge in [-0.05, 0) is 27.3 Å². The highest BCUT2D eigenvalue weighted by Gasteiger charge is 2.18. The molecule has 0 aromatic rings. The van der Waals surface area contributed by atoms with E-state index in [0.29, 0.717) is 12.1 Å². The fourth-order valence-electron chi connectivity index (χ4n) is 1.47. The highest BCUT2D eigenvalue weighted by atomic mass is 32.2. The van der Waals surface area contributed by atoms with Gasteiger partial charge in [0.15, 0.2) is 0 Å². The first-order valence-electron chi connectivity index (χ1n) is 5.01. The molecule has 1 N–H and O–H groups in total. The highest BCUT2D eigenvalue weighted by molar-refractivity contribution is 7.98. The molecular weight excluding hydrogens is 196 g/mol. The molecule has 0 aromatic heterocycles. The van der Waals surface area contributed by atoms with Gasteiger partial charge in [0.1, 0.15) is 0 Å². The van der Waals surface area contributed by atoms with Crippen molar-refractivity contribution < 1.29 is 4.74 Å². The Morgan fingerprint density at radius 1 is 1.50 bits per heavy atom. The molecular formula is C10H24N2OS. The van der Waals surface area contributed by atoms with E-state index in [1.165, 1.54) is 5.75 Å². The molecule has 0 aliphatic heterocycles. The lowest BCUT2D eigenvalue weighted by Crippen LogP contribution is -2.47. The molecule has 0 bridgehead atoms. The van der Waals surface area contributed by atoms with Crippen LogP contribution in [0.1, 0.15) is 6.92 Å². The summed E-state index contributed by atoms with van der Waals surface area (Å²) in [5, 5.41) is 3.20. The Morgan fingerprint density at radius 3 is 2.57 bits per heavy atom. The number of thioether (sulfide) groups is 1. The molecule has 0 saturated carbocycles. The monoisotopic (exact) mass is 220 g/mol. The van der Waals surface area contributed by atoms with E-state index >= 15 is 0 Å². The zero-order valence-corrected chi connectivity index (χ0v) is 10.9. The summed E-state index contributed by atoms with van der Waals surface area (Å²) in [6.45, 7) is 4.02. The topological polar surface area (TPSA) is 24.5 Å². The molecule has 14 heavy (non-hydrogen) atoms. The molecule has 0 amide bonds. The second-order valence-corrected chi connectivity index (χ2v) is 4.55. The van der Waals surface area contributed by atoms with Crippen LogP contribution in [0.3, 0.4) is 0 Å². The van der Waals surface area contributed by atoms with E-state index in [4.69, 9.17) is 4.74 Å². The normalized spacial score (nSPS) is 15.9. The molecule has 86 valence electrons. The lowest BCUT2D eigenvalue weighted by Gasteiger charge is -2.32. The van der Waals surface area contributed by atoms with Crippen molar-refractivity contribution in [1.82, 2.24) is 10.2 Å². The van der Waals surface area contributed by atoms with Gasteiger partial charge >= 0.3 is 0 Å². The molecule has 0 saturated heterocycles. The molecule has 0 radical (unpaired) electrons. The van der Waals surface area contributed by atoms with Crippen LogP contribution in [-0.2, 0) is 4.74 Å². The fraction of sp³-hybridized carbons (Fsp3) is 1.00. The maximum Gasteiger partial charge on any atom is 0.0630 e. The summed E-state index contributed by atoms with van der Waals surface area (Å²) >= 11 is 1.89. The summed E-state index contributed by atoms with van der Waals surface area (Å²) in [5.74, 6) is 1.17. The Bertz CT molecular complexity index is 129. The van der Waals surface area contributed by atoms with E-state index in [1.807, 2.05) is 18.8 Å². The Morgan fingerprint density at radius 2 is 2.14 bits per heavy atom. The van der Waals surface area contributed by atoms with E-state index in [-0.39, 0.29) is 0 Å². The first-order valence-corrected chi connectivity index (χ1v) is 6.41. The summed E-state index contributed by atoms with van der Waals surface area (Å²) in [7, 11) is 5.91. The molecule has 0 aromatic carbocycles. The van der Waals surface area contributed by atoms with Crippen LogP contribution in [0.2, 0.25) is 0 Å². The Hall–Kier alpha value is 0.230. The van der Waals surface area contributed by atoms with Crippen molar-refractivity contribution in [3.05, 3.63) is 0 Å². The van der Waals surface area contributed by atoms with Crippen molar-refractivity contribution in [2.45, 2.75) is 19.0 Å². The maximum absolute atomic E-state index is 5.22. The van der Waals surface area contributed by atoms with Crippen LogP contribution in [0.25, 0.3) is 0 Å². The van der Waals surface area contributed by atoms with Gasteiger partial charge in [-0.25, -0.2) is 0 Å². The van der Waals surface area contributed by atoms with Gasteiger partial charge in [0.05, 0.1) is 6.61 Å². The predicted octanol–water partition coefficient (Wildman–Crippen LogP) is 0.904. The third kappa shape index (κ3) is 5.20. The van der Waals surface area contributed by atoms with Crippen LogP contribution in [0.15, 0.2) is 0 Å². The Kier molecular flexibility index (Phi) is 8.67. The van der Waals surface area contributed by atoms with Gasteiger partial charge in [-0.3, -0.25) is 4.90 Å². The molecule has 2 unspecified atom stereocenters. The van der Waals surface area contributed by atoms with Crippen molar-refractivity contribution >= 4 is 11.8 Å². The van der Waals surface area contributed by atoms with Gasteiger partial charge < -0.3 is 10.1 Å². The average molecular weight is 220 g/mol. The summed E-state index contributed by atoms with van der Waals surface area (Å²) < 4.78 is 5.22. The van der Waals surface area contributed by atoms with Gasteiger partial charge in [-0.1, -0.05) is 0 Å². The SMILES string of the molecule is CNCC(COC)N(C)C(C)CSC. The zero-order chi connectivity index (χ0) is 11.0. The van der Waals surface area contributed by atoms with Crippen LogP contribution in [-0.4, -0.2) is 63.3 Å². The van der Waals surface area contributed by atoms with Crippen molar-refractivity contribution in [3.63, 3.8) is 0 Å². The molecule has 0 heterocycles. The van der Waals surface area contributed by atoms with E-state index in [0.717, 1.165) is 13.2 Å². The second-order valence-electron chi connectivity index (χ2n) is 3.64. The smallest absolute Gasteiger partial charge is 0.0630 e. The third-order valence-corrected chi connectivity index (χ3v) is 3.29. The number of likely N-dealkylation sites (N-methyl/N-ethyl adjacent to an activating group) is 2. The average Bonchev–Trinajstić information content (AvgIpc) is 2.17. The Balaban J connectivity index is 4.03. The number of nitrogens with one attached hydrogen (secondary N) is 1. The Labute approximate surface area is 92.6 Å². The van der Waals surface area contributed by atoms with Crippen LogP contribution >= 0.6 is 11.8 Å². The third-order valence-electron chi connectivity index (χ3n) is 2.48. The lowest BCUT2D eigenvalue weighted by molar-refractivity contribution is 0.0905. The van der Waals surface area contributed by atoms with Gasteiger partial charge in [0, 0.05) is 31.5 Å². The first-order chi connectivity index (χ1) is 6.67. The lowest BCUT2D eigenvalue weighted by atomic mass is 10.2. The van der Waals surface area contributed by atoms with E-state index in [9.17, 15) is 0 Å². The van der Waals surface area contributed by atoms with E-state index in [1.54, 1.807) is 7.11 Å². The summed E-state index contributed by atoms with van der Waals surface area (Å²) in [6.07, 6.45) is 2.15. The molecule has 0 aliphatic carbocycles. The van der Waals surface area contributed by atoms with Gasteiger partial charge in [-0.15, -0.1) is 0 Å². The predicted molar refractivity (Wildman–Crippen MR) is 65.2 cm³/mol. The number of hydrogen-bond donors (Lipinski definition) is 1. The molecule has 3 nitrogen and oxygen atoms in total. The molecule has 0 spiro atoms. The van der Waals surface area contributed by atoms with Crippen LogP contribution in [0.4, 0.5) is 0 Å². The van der Waals surface area contributed by atoms with Crippen molar-refractivity contribution in [2.75, 3.05) is 46.4 Å².